The second-order valence-electron chi connectivity index (χ2n) is 6.57. The lowest BCUT2D eigenvalue weighted by atomic mass is 9.89. The number of aliphatic hydroxyl groups is 1. The van der Waals surface area contributed by atoms with Gasteiger partial charge in [-0.2, -0.15) is 0 Å². The normalized spacial score (nSPS) is 13.1. The zero-order chi connectivity index (χ0) is 19.1. The summed E-state index contributed by atoms with van der Waals surface area (Å²) in [6, 6.07) is 24.0. The summed E-state index contributed by atoms with van der Waals surface area (Å²) in [6.45, 7) is 2.51. The van der Waals surface area contributed by atoms with Crippen molar-refractivity contribution in [1.29, 1.82) is 0 Å². The molecule has 0 aromatic heterocycles. The highest BCUT2D eigenvalue weighted by Gasteiger charge is 2.19. The van der Waals surface area contributed by atoms with Gasteiger partial charge >= 0.3 is 6.09 Å². The molecule has 0 unspecified atom stereocenters. The molecule has 2 atom stereocenters. The van der Waals surface area contributed by atoms with Crippen molar-refractivity contribution in [1.82, 2.24) is 5.32 Å². The highest BCUT2D eigenvalue weighted by atomic mass is 16.5. The first kappa shape index (κ1) is 18.9. The molecule has 140 valence electrons. The van der Waals surface area contributed by atoms with Gasteiger partial charge in [-0.3, -0.25) is 0 Å². The molecule has 0 aliphatic carbocycles. The van der Waals surface area contributed by atoms with E-state index in [1.54, 1.807) is 6.92 Å². The second kappa shape index (κ2) is 9.19. The first-order valence-corrected chi connectivity index (χ1v) is 9.29. The molecule has 0 fully saturated rings. The molecule has 3 aromatic rings. The Labute approximate surface area is 159 Å². The van der Waals surface area contributed by atoms with Gasteiger partial charge in [0.1, 0.15) is 0 Å². The van der Waals surface area contributed by atoms with E-state index in [2.05, 4.69) is 35.6 Å². The van der Waals surface area contributed by atoms with Gasteiger partial charge in [0, 0.05) is 12.5 Å². The maximum atomic E-state index is 11.8. The van der Waals surface area contributed by atoms with Gasteiger partial charge in [-0.05, 0) is 35.2 Å². The number of nitrogens with one attached hydrogen (secondary N) is 1. The summed E-state index contributed by atoms with van der Waals surface area (Å²) in [6.07, 6.45) is -0.529. The number of fused-ring (bicyclic) bond motifs is 1. The van der Waals surface area contributed by atoms with E-state index in [9.17, 15) is 9.90 Å². The summed E-state index contributed by atoms with van der Waals surface area (Å²) in [5, 5.41) is 15.8. The largest absolute Gasteiger partial charge is 0.450 e. The number of rotatable bonds is 7. The van der Waals surface area contributed by atoms with Crippen molar-refractivity contribution in [3.63, 3.8) is 0 Å². The summed E-state index contributed by atoms with van der Waals surface area (Å²) in [7, 11) is 0. The predicted octanol–water partition coefficient (Wildman–Crippen LogP) is 4.79. The zero-order valence-electron chi connectivity index (χ0n) is 15.5. The molecule has 0 saturated carbocycles. The Kier molecular flexibility index (Phi) is 6.44. The molecule has 0 aliphatic heterocycles. The average molecular weight is 363 g/mol. The molecule has 0 spiro atoms. The van der Waals surface area contributed by atoms with Crippen LogP contribution < -0.4 is 5.32 Å². The highest BCUT2D eigenvalue weighted by molar-refractivity contribution is 5.83. The molecule has 0 heterocycles. The van der Waals surface area contributed by atoms with Crippen LogP contribution in [0.5, 0.6) is 0 Å². The number of hydrogen-bond acceptors (Lipinski definition) is 3. The third kappa shape index (κ3) is 5.08. The van der Waals surface area contributed by atoms with E-state index in [0.717, 1.165) is 16.5 Å². The van der Waals surface area contributed by atoms with Crippen molar-refractivity contribution >= 4 is 16.9 Å². The van der Waals surface area contributed by atoms with Crippen LogP contribution in [-0.4, -0.2) is 24.4 Å². The first-order chi connectivity index (χ1) is 13.2. The Hall–Kier alpha value is -2.85. The van der Waals surface area contributed by atoms with Crippen LogP contribution in [0.2, 0.25) is 0 Å². The smallest absolute Gasteiger partial charge is 0.407 e. The third-order valence-corrected chi connectivity index (χ3v) is 4.71. The number of hydrogen-bond donors (Lipinski definition) is 2. The third-order valence-electron chi connectivity index (χ3n) is 4.71. The van der Waals surface area contributed by atoms with E-state index in [1.807, 2.05) is 42.5 Å². The molecule has 0 bridgehead atoms. The van der Waals surface area contributed by atoms with Crippen molar-refractivity contribution in [2.45, 2.75) is 25.4 Å². The number of amides is 1. The van der Waals surface area contributed by atoms with Crippen molar-refractivity contribution in [2.75, 3.05) is 13.2 Å². The van der Waals surface area contributed by atoms with Crippen LogP contribution in [0.4, 0.5) is 4.79 Å². The van der Waals surface area contributed by atoms with Crippen LogP contribution in [0.1, 0.15) is 36.5 Å². The minimum atomic E-state index is -0.605. The monoisotopic (exact) mass is 363 g/mol. The lowest BCUT2D eigenvalue weighted by molar-refractivity contribution is 0.143. The fraction of sp³-hybridized carbons (Fsp3) is 0.261. The quantitative estimate of drug-likeness (QED) is 0.634. The van der Waals surface area contributed by atoms with E-state index >= 15 is 0 Å². The summed E-state index contributed by atoms with van der Waals surface area (Å²) in [4.78, 5) is 11.8. The maximum Gasteiger partial charge on any atom is 0.407 e. The SMILES string of the molecule is CCOC(=O)NC[C@H](C[C@H](O)c1ccccc1)c1ccc2ccccc2c1. The molecule has 0 saturated heterocycles. The minimum absolute atomic E-state index is 0.0331. The van der Waals surface area contributed by atoms with Gasteiger partial charge in [-0.1, -0.05) is 72.8 Å². The Morgan fingerprint density at radius 2 is 1.67 bits per heavy atom. The van der Waals surface area contributed by atoms with Crippen LogP contribution in [0, 0.1) is 0 Å². The fourth-order valence-electron chi connectivity index (χ4n) is 3.27. The molecule has 1 amide bonds. The number of aliphatic hydroxyl groups excluding tert-OH is 1. The van der Waals surface area contributed by atoms with Crippen LogP contribution >= 0.6 is 0 Å². The summed E-state index contributed by atoms with van der Waals surface area (Å²) < 4.78 is 4.98. The molecule has 4 heteroatoms. The molecule has 0 radical (unpaired) electrons. The van der Waals surface area contributed by atoms with Crippen LogP contribution in [0.25, 0.3) is 10.8 Å². The average Bonchev–Trinajstić information content (AvgIpc) is 2.71. The second-order valence-corrected chi connectivity index (χ2v) is 6.57. The topological polar surface area (TPSA) is 58.6 Å². The first-order valence-electron chi connectivity index (χ1n) is 9.29. The Bertz CT molecular complexity index is 879. The van der Waals surface area contributed by atoms with Crippen molar-refractivity contribution in [3.8, 4) is 0 Å². The van der Waals surface area contributed by atoms with E-state index in [4.69, 9.17) is 4.74 Å². The van der Waals surface area contributed by atoms with Gasteiger partial charge in [-0.25, -0.2) is 4.79 Å². The number of carbonyl (C=O) groups excluding carboxylic acids is 1. The number of ether oxygens (including phenoxy) is 1. The van der Waals surface area contributed by atoms with E-state index in [0.29, 0.717) is 19.6 Å². The molecule has 2 N–H and O–H groups in total. The number of carbonyl (C=O) groups is 1. The molecule has 27 heavy (non-hydrogen) atoms. The Balaban J connectivity index is 1.82. The highest BCUT2D eigenvalue weighted by Crippen LogP contribution is 2.30. The maximum absolute atomic E-state index is 11.8. The molecule has 3 rings (SSSR count). The molecular weight excluding hydrogens is 338 g/mol. The molecule has 3 aromatic carbocycles. The van der Waals surface area contributed by atoms with Crippen molar-refractivity contribution in [3.05, 3.63) is 83.9 Å². The van der Waals surface area contributed by atoms with E-state index in [-0.39, 0.29) is 5.92 Å². The standard InChI is InChI=1S/C23H25NO3/c1-2-27-23(26)24-16-21(15-22(25)18-9-4-3-5-10-18)20-13-12-17-8-6-7-11-19(17)14-20/h3-14,21-22,25H,2,15-16H2,1H3,(H,24,26)/t21-,22-/m0/s1. The Morgan fingerprint density at radius 3 is 2.41 bits per heavy atom. The Morgan fingerprint density at radius 1 is 0.963 bits per heavy atom. The summed E-state index contributed by atoms with van der Waals surface area (Å²) in [5.74, 6) is -0.0331. The summed E-state index contributed by atoms with van der Waals surface area (Å²) in [5.41, 5.74) is 1.96. The van der Waals surface area contributed by atoms with Gasteiger partial charge in [-0.15, -0.1) is 0 Å². The van der Waals surface area contributed by atoms with Crippen LogP contribution in [-0.2, 0) is 4.74 Å². The number of alkyl carbamates (subject to hydrolysis) is 1. The van der Waals surface area contributed by atoms with Crippen LogP contribution in [0.3, 0.4) is 0 Å². The predicted molar refractivity (Wildman–Crippen MR) is 108 cm³/mol. The van der Waals surface area contributed by atoms with Gasteiger partial charge < -0.3 is 15.2 Å². The minimum Gasteiger partial charge on any atom is -0.450 e. The van der Waals surface area contributed by atoms with Crippen molar-refractivity contribution in [2.24, 2.45) is 0 Å². The fourth-order valence-corrected chi connectivity index (χ4v) is 3.27. The van der Waals surface area contributed by atoms with Gasteiger partial charge in [0.05, 0.1) is 12.7 Å². The van der Waals surface area contributed by atoms with Gasteiger partial charge in [0.2, 0.25) is 0 Å². The zero-order valence-corrected chi connectivity index (χ0v) is 15.5. The molecule has 0 aliphatic rings. The van der Waals surface area contributed by atoms with E-state index < -0.39 is 12.2 Å². The lowest BCUT2D eigenvalue weighted by Crippen LogP contribution is -2.29. The van der Waals surface area contributed by atoms with Gasteiger partial charge in [0.15, 0.2) is 0 Å². The number of benzene rings is 3. The lowest BCUT2D eigenvalue weighted by Gasteiger charge is -2.22. The van der Waals surface area contributed by atoms with Crippen molar-refractivity contribution < 1.29 is 14.6 Å². The summed E-state index contributed by atoms with van der Waals surface area (Å²) >= 11 is 0. The van der Waals surface area contributed by atoms with Gasteiger partial charge in [0.25, 0.3) is 0 Å². The molecule has 4 nitrogen and oxygen atoms in total. The van der Waals surface area contributed by atoms with E-state index in [1.165, 1.54) is 5.39 Å². The van der Waals surface area contributed by atoms with Crippen LogP contribution in [0.15, 0.2) is 72.8 Å². The molecular formula is C23H25NO3.